The van der Waals surface area contributed by atoms with Gasteiger partial charge in [-0.3, -0.25) is 19.6 Å². The summed E-state index contributed by atoms with van der Waals surface area (Å²) in [5, 5.41) is 6.12. The molecule has 1 aliphatic heterocycles. The first-order valence-electron chi connectivity index (χ1n) is 5.23. The molecule has 1 aromatic heterocycles. The SMILES string of the molecule is Cn1cc(N2C(=O)NC(=O)C3(CC3)C2=O)cn1. The lowest BCUT2D eigenvalue weighted by atomic mass is 10.0. The first kappa shape index (κ1) is 10.0. The molecule has 0 atom stereocenters. The predicted molar refractivity (Wildman–Crippen MR) is 55.9 cm³/mol. The minimum atomic E-state index is -1.01. The fourth-order valence-corrected chi connectivity index (χ4v) is 2.00. The van der Waals surface area contributed by atoms with E-state index >= 15 is 0 Å². The third-order valence-corrected chi connectivity index (χ3v) is 3.17. The van der Waals surface area contributed by atoms with E-state index in [2.05, 4.69) is 10.4 Å². The van der Waals surface area contributed by atoms with Gasteiger partial charge in [-0.05, 0) is 12.8 Å². The maximum absolute atomic E-state index is 12.1. The first-order valence-corrected chi connectivity index (χ1v) is 5.23. The number of imide groups is 2. The Hall–Kier alpha value is -2.18. The predicted octanol–water partition coefficient (Wildman–Crippen LogP) is -0.217. The van der Waals surface area contributed by atoms with E-state index in [1.165, 1.54) is 10.9 Å². The number of hydrogen-bond donors (Lipinski definition) is 1. The van der Waals surface area contributed by atoms with Crippen LogP contribution in [0.1, 0.15) is 12.8 Å². The molecule has 0 aromatic carbocycles. The van der Waals surface area contributed by atoms with Crippen molar-refractivity contribution < 1.29 is 14.4 Å². The van der Waals surface area contributed by atoms with Gasteiger partial charge in [-0.1, -0.05) is 0 Å². The van der Waals surface area contributed by atoms with Crippen molar-refractivity contribution in [3.8, 4) is 0 Å². The van der Waals surface area contributed by atoms with Gasteiger partial charge in [0.25, 0.3) is 5.91 Å². The summed E-state index contributed by atoms with van der Waals surface area (Å²) in [6.07, 6.45) is 3.98. The van der Waals surface area contributed by atoms with E-state index < -0.39 is 23.3 Å². The average molecular weight is 234 g/mol. The van der Waals surface area contributed by atoms with Crippen molar-refractivity contribution in [2.24, 2.45) is 12.5 Å². The van der Waals surface area contributed by atoms with Gasteiger partial charge in [-0.25, -0.2) is 9.69 Å². The number of carbonyl (C=O) groups excluding carboxylic acids is 3. The highest BCUT2D eigenvalue weighted by molar-refractivity contribution is 6.31. The molecule has 2 fully saturated rings. The summed E-state index contributed by atoms with van der Waals surface area (Å²) in [6.45, 7) is 0. The summed E-state index contributed by atoms with van der Waals surface area (Å²) in [5.41, 5.74) is -0.627. The van der Waals surface area contributed by atoms with Crippen LogP contribution in [0, 0.1) is 5.41 Å². The van der Waals surface area contributed by atoms with Crippen LogP contribution in [0.2, 0.25) is 0 Å². The normalized spacial score (nSPS) is 21.9. The Morgan fingerprint density at radius 3 is 2.59 bits per heavy atom. The van der Waals surface area contributed by atoms with E-state index in [9.17, 15) is 14.4 Å². The fourth-order valence-electron chi connectivity index (χ4n) is 2.00. The first-order chi connectivity index (χ1) is 8.04. The summed E-state index contributed by atoms with van der Waals surface area (Å²) < 4.78 is 1.49. The highest BCUT2D eigenvalue weighted by Crippen LogP contribution is 2.49. The van der Waals surface area contributed by atoms with Crippen molar-refractivity contribution in [1.82, 2.24) is 15.1 Å². The molecule has 88 valence electrons. The molecule has 1 saturated heterocycles. The minimum Gasteiger partial charge on any atom is -0.276 e. The molecule has 2 aliphatic rings. The number of rotatable bonds is 1. The Kier molecular flexibility index (Phi) is 1.73. The van der Waals surface area contributed by atoms with Crippen LogP contribution in [0.5, 0.6) is 0 Å². The van der Waals surface area contributed by atoms with Gasteiger partial charge < -0.3 is 0 Å². The largest absolute Gasteiger partial charge is 0.335 e. The fraction of sp³-hybridized carbons (Fsp3) is 0.400. The van der Waals surface area contributed by atoms with E-state index in [0.717, 1.165) is 4.90 Å². The lowest BCUT2D eigenvalue weighted by molar-refractivity contribution is -0.136. The van der Waals surface area contributed by atoms with Crippen LogP contribution in [0.4, 0.5) is 10.5 Å². The third-order valence-electron chi connectivity index (χ3n) is 3.17. The van der Waals surface area contributed by atoms with E-state index in [1.54, 1.807) is 13.2 Å². The quantitative estimate of drug-likeness (QED) is 0.681. The molecule has 1 aliphatic carbocycles. The second kappa shape index (κ2) is 2.93. The number of barbiturate groups is 1. The summed E-state index contributed by atoms with van der Waals surface area (Å²) in [4.78, 5) is 36.4. The number of carbonyl (C=O) groups is 3. The Morgan fingerprint density at radius 2 is 2.06 bits per heavy atom. The maximum atomic E-state index is 12.1. The average Bonchev–Trinajstić information content (AvgIpc) is 2.96. The Labute approximate surface area is 96.4 Å². The summed E-state index contributed by atoms with van der Waals surface area (Å²) in [7, 11) is 1.69. The lowest BCUT2D eigenvalue weighted by Gasteiger charge is -2.28. The standard InChI is InChI=1S/C10H10N4O3/c1-13-5-6(4-11-13)14-8(16)10(2-3-10)7(15)12-9(14)17/h4-5H,2-3H2,1H3,(H,12,15,17). The molecule has 0 bridgehead atoms. The summed E-state index contributed by atoms with van der Waals surface area (Å²) in [5.74, 6) is -0.924. The van der Waals surface area contributed by atoms with E-state index in [0.29, 0.717) is 18.5 Å². The monoisotopic (exact) mass is 234 g/mol. The Balaban J connectivity index is 2.02. The van der Waals surface area contributed by atoms with Gasteiger partial charge in [0.2, 0.25) is 5.91 Å². The van der Waals surface area contributed by atoms with Crippen molar-refractivity contribution >= 4 is 23.5 Å². The van der Waals surface area contributed by atoms with Gasteiger partial charge in [0.15, 0.2) is 0 Å². The molecule has 0 unspecified atom stereocenters. The van der Waals surface area contributed by atoms with Crippen molar-refractivity contribution in [2.45, 2.75) is 12.8 Å². The van der Waals surface area contributed by atoms with Gasteiger partial charge in [-0.15, -0.1) is 0 Å². The van der Waals surface area contributed by atoms with E-state index in [4.69, 9.17) is 0 Å². The van der Waals surface area contributed by atoms with Gasteiger partial charge in [-0.2, -0.15) is 5.10 Å². The van der Waals surface area contributed by atoms with Gasteiger partial charge in [0.1, 0.15) is 5.41 Å². The molecule has 1 spiro atoms. The van der Waals surface area contributed by atoms with E-state index in [-0.39, 0.29) is 0 Å². The number of nitrogens with one attached hydrogen (secondary N) is 1. The van der Waals surface area contributed by atoms with Crippen LogP contribution in [-0.2, 0) is 16.6 Å². The number of aromatic nitrogens is 2. The topological polar surface area (TPSA) is 84.3 Å². The summed E-state index contributed by atoms with van der Waals surface area (Å²) in [6, 6.07) is -0.703. The van der Waals surface area contributed by atoms with Crippen LogP contribution >= 0.6 is 0 Å². The number of nitrogens with zero attached hydrogens (tertiary/aromatic N) is 3. The second-order valence-electron chi connectivity index (χ2n) is 4.35. The smallest absolute Gasteiger partial charge is 0.276 e. The number of anilines is 1. The van der Waals surface area contributed by atoms with Crippen LogP contribution in [0.15, 0.2) is 12.4 Å². The van der Waals surface area contributed by atoms with Crippen LogP contribution < -0.4 is 10.2 Å². The molecule has 4 amide bonds. The molecular formula is C10H10N4O3. The molecule has 1 saturated carbocycles. The zero-order chi connectivity index (χ0) is 12.2. The lowest BCUT2D eigenvalue weighted by Crippen LogP contribution is -2.59. The molecule has 0 radical (unpaired) electrons. The van der Waals surface area contributed by atoms with Crippen molar-refractivity contribution in [2.75, 3.05) is 4.90 Å². The highest BCUT2D eigenvalue weighted by Gasteiger charge is 2.62. The Bertz CT molecular complexity index is 544. The van der Waals surface area contributed by atoms with Crippen LogP contribution in [-0.4, -0.2) is 27.6 Å². The van der Waals surface area contributed by atoms with Crippen LogP contribution in [0.25, 0.3) is 0 Å². The molecule has 7 heteroatoms. The van der Waals surface area contributed by atoms with Gasteiger partial charge >= 0.3 is 6.03 Å². The molecule has 7 nitrogen and oxygen atoms in total. The molecule has 1 N–H and O–H groups in total. The second-order valence-corrected chi connectivity index (χ2v) is 4.35. The molecule has 1 aromatic rings. The summed E-state index contributed by atoms with van der Waals surface area (Å²) >= 11 is 0. The molecule has 2 heterocycles. The molecule has 17 heavy (non-hydrogen) atoms. The third kappa shape index (κ3) is 1.22. The van der Waals surface area contributed by atoms with Crippen molar-refractivity contribution in [3.05, 3.63) is 12.4 Å². The zero-order valence-electron chi connectivity index (χ0n) is 9.14. The molecular weight excluding hydrogens is 224 g/mol. The zero-order valence-corrected chi connectivity index (χ0v) is 9.14. The van der Waals surface area contributed by atoms with E-state index in [1.807, 2.05) is 0 Å². The van der Waals surface area contributed by atoms with Gasteiger partial charge in [0.05, 0.1) is 11.9 Å². The van der Waals surface area contributed by atoms with Gasteiger partial charge in [0, 0.05) is 13.2 Å². The number of hydrogen-bond acceptors (Lipinski definition) is 4. The number of aryl methyl sites for hydroxylation is 1. The number of amides is 4. The van der Waals surface area contributed by atoms with Crippen LogP contribution in [0.3, 0.4) is 0 Å². The maximum Gasteiger partial charge on any atom is 0.335 e. The minimum absolute atomic E-state index is 0.383. The van der Waals surface area contributed by atoms with Crippen molar-refractivity contribution in [3.63, 3.8) is 0 Å². The highest BCUT2D eigenvalue weighted by atomic mass is 16.2. The number of urea groups is 1. The molecule has 3 rings (SSSR count). The van der Waals surface area contributed by atoms with Crippen molar-refractivity contribution in [1.29, 1.82) is 0 Å². The Morgan fingerprint density at radius 1 is 1.35 bits per heavy atom.